The van der Waals surface area contributed by atoms with E-state index < -0.39 is 10.0 Å². The Balaban J connectivity index is 3.02. The maximum absolute atomic E-state index is 12.3. The van der Waals surface area contributed by atoms with Gasteiger partial charge in [0, 0.05) is 20.2 Å². The summed E-state index contributed by atoms with van der Waals surface area (Å²) in [5.41, 5.74) is 0.582. The maximum atomic E-state index is 12.3. The molecule has 5 nitrogen and oxygen atoms in total. The Bertz CT molecular complexity index is 473. The lowest BCUT2D eigenvalue weighted by atomic mass is 10.2. The van der Waals surface area contributed by atoms with Gasteiger partial charge in [-0.25, -0.2) is 8.42 Å². The van der Waals surface area contributed by atoms with Crippen LogP contribution in [0, 0.1) is 0 Å². The van der Waals surface area contributed by atoms with Crippen molar-refractivity contribution in [1.82, 2.24) is 4.31 Å². The summed E-state index contributed by atoms with van der Waals surface area (Å²) in [4.78, 5) is 0.201. The van der Waals surface area contributed by atoms with Gasteiger partial charge in [-0.2, -0.15) is 4.31 Å². The molecule has 0 atom stereocenters. The number of sulfonamides is 1. The molecule has 0 aliphatic carbocycles. The molecule has 1 rings (SSSR count). The molecular formula is C12H19NO4S. The fourth-order valence-electron chi connectivity index (χ4n) is 1.59. The van der Waals surface area contributed by atoms with Crippen molar-refractivity contribution < 1.29 is 18.3 Å². The number of nitrogens with zero attached hydrogens (tertiary/aromatic N) is 1. The monoisotopic (exact) mass is 273 g/mol. The summed E-state index contributed by atoms with van der Waals surface area (Å²) in [5, 5.41) is 9.04. The molecule has 0 unspecified atom stereocenters. The Labute approximate surface area is 108 Å². The van der Waals surface area contributed by atoms with Crippen LogP contribution in [0.5, 0.6) is 0 Å². The second-order valence-electron chi connectivity index (χ2n) is 3.80. The minimum absolute atomic E-state index is 0.173. The van der Waals surface area contributed by atoms with E-state index in [1.807, 2.05) is 0 Å². The first-order valence-electron chi connectivity index (χ1n) is 5.75. The summed E-state index contributed by atoms with van der Waals surface area (Å²) < 4.78 is 30.9. The summed E-state index contributed by atoms with van der Waals surface area (Å²) in [7, 11) is -1.98. The van der Waals surface area contributed by atoms with E-state index in [0.29, 0.717) is 25.3 Å². The number of aliphatic hydroxyl groups is 1. The van der Waals surface area contributed by atoms with Crippen molar-refractivity contribution in [3.8, 4) is 0 Å². The van der Waals surface area contributed by atoms with Crippen LogP contribution in [0.1, 0.15) is 12.5 Å². The molecule has 0 amide bonds. The van der Waals surface area contributed by atoms with E-state index in [9.17, 15) is 8.42 Å². The number of likely N-dealkylation sites (N-methyl/N-ethyl adjacent to an activating group) is 1. The molecule has 6 heteroatoms. The van der Waals surface area contributed by atoms with Crippen molar-refractivity contribution in [3.05, 3.63) is 29.8 Å². The molecule has 0 heterocycles. The van der Waals surface area contributed by atoms with E-state index >= 15 is 0 Å². The SMILES string of the molecule is CCN(CCOC)S(=O)(=O)c1cccc(CO)c1. The third kappa shape index (κ3) is 3.52. The van der Waals surface area contributed by atoms with Crippen LogP contribution < -0.4 is 0 Å². The van der Waals surface area contributed by atoms with E-state index in [0.717, 1.165) is 0 Å². The zero-order valence-electron chi connectivity index (χ0n) is 10.7. The Morgan fingerprint density at radius 2 is 2.11 bits per heavy atom. The van der Waals surface area contributed by atoms with Crippen molar-refractivity contribution in [2.45, 2.75) is 18.4 Å². The van der Waals surface area contributed by atoms with Crippen LogP contribution in [0.2, 0.25) is 0 Å². The number of hydrogen-bond acceptors (Lipinski definition) is 4. The van der Waals surface area contributed by atoms with Gasteiger partial charge in [-0.1, -0.05) is 19.1 Å². The third-order valence-corrected chi connectivity index (χ3v) is 4.59. The van der Waals surface area contributed by atoms with Crippen molar-refractivity contribution in [3.63, 3.8) is 0 Å². The Kier molecular flexibility index (Phi) is 5.74. The molecule has 0 aromatic heterocycles. The molecule has 1 N–H and O–H groups in total. The summed E-state index contributed by atoms with van der Waals surface area (Å²) >= 11 is 0. The smallest absolute Gasteiger partial charge is 0.243 e. The minimum Gasteiger partial charge on any atom is -0.392 e. The summed E-state index contributed by atoms with van der Waals surface area (Å²) in [6.07, 6.45) is 0. The average Bonchev–Trinajstić information content (AvgIpc) is 2.39. The predicted molar refractivity (Wildman–Crippen MR) is 68.7 cm³/mol. The van der Waals surface area contributed by atoms with Crippen LogP contribution in [0.3, 0.4) is 0 Å². The lowest BCUT2D eigenvalue weighted by Gasteiger charge is -2.20. The first-order valence-corrected chi connectivity index (χ1v) is 7.19. The van der Waals surface area contributed by atoms with Gasteiger partial charge in [0.2, 0.25) is 10.0 Å². The normalized spacial score (nSPS) is 12.0. The van der Waals surface area contributed by atoms with Gasteiger partial charge in [0.25, 0.3) is 0 Å². The molecule has 0 bridgehead atoms. The number of hydrogen-bond donors (Lipinski definition) is 1. The second-order valence-corrected chi connectivity index (χ2v) is 5.73. The highest BCUT2D eigenvalue weighted by molar-refractivity contribution is 7.89. The molecule has 0 saturated heterocycles. The zero-order chi connectivity index (χ0) is 13.6. The average molecular weight is 273 g/mol. The van der Waals surface area contributed by atoms with Crippen LogP contribution in [0.25, 0.3) is 0 Å². The van der Waals surface area contributed by atoms with Gasteiger partial charge in [-0.05, 0) is 17.7 Å². The van der Waals surface area contributed by atoms with Crippen molar-refractivity contribution >= 4 is 10.0 Å². The molecular weight excluding hydrogens is 254 g/mol. The summed E-state index contributed by atoms with van der Waals surface area (Å²) in [6.45, 7) is 2.66. The molecule has 102 valence electrons. The van der Waals surface area contributed by atoms with Crippen LogP contribution in [-0.4, -0.2) is 44.6 Å². The topological polar surface area (TPSA) is 66.8 Å². The quantitative estimate of drug-likeness (QED) is 0.799. The Morgan fingerprint density at radius 3 is 2.67 bits per heavy atom. The van der Waals surface area contributed by atoms with Crippen LogP contribution in [0.4, 0.5) is 0 Å². The summed E-state index contributed by atoms with van der Waals surface area (Å²) in [6, 6.07) is 6.34. The van der Waals surface area contributed by atoms with Gasteiger partial charge in [0.05, 0.1) is 18.1 Å². The van der Waals surface area contributed by atoms with Gasteiger partial charge in [0.1, 0.15) is 0 Å². The van der Waals surface area contributed by atoms with Crippen molar-refractivity contribution in [1.29, 1.82) is 0 Å². The van der Waals surface area contributed by atoms with Gasteiger partial charge < -0.3 is 9.84 Å². The molecule has 0 fully saturated rings. The summed E-state index contributed by atoms with van der Waals surface area (Å²) in [5.74, 6) is 0. The molecule has 1 aromatic rings. The van der Waals surface area contributed by atoms with Crippen LogP contribution in [-0.2, 0) is 21.4 Å². The van der Waals surface area contributed by atoms with Crippen LogP contribution >= 0.6 is 0 Å². The van der Waals surface area contributed by atoms with Gasteiger partial charge in [0.15, 0.2) is 0 Å². The standard InChI is InChI=1S/C12H19NO4S/c1-3-13(7-8-17-2)18(15,16)12-6-4-5-11(9-12)10-14/h4-6,9,14H,3,7-8,10H2,1-2H3. The number of rotatable bonds is 7. The predicted octanol–water partition coefficient (Wildman–Crippen LogP) is 0.836. The molecule has 0 spiro atoms. The maximum Gasteiger partial charge on any atom is 0.243 e. The Morgan fingerprint density at radius 1 is 1.39 bits per heavy atom. The lowest BCUT2D eigenvalue weighted by molar-refractivity contribution is 0.180. The largest absolute Gasteiger partial charge is 0.392 e. The molecule has 1 aromatic carbocycles. The Hall–Kier alpha value is -0.950. The first-order chi connectivity index (χ1) is 8.56. The number of methoxy groups -OCH3 is 1. The molecule has 0 aliphatic rings. The molecule has 18 heavy (non-hydrogen) atoms. The first kappa shape index (κ1) is 15.1. The third-order valence-electron chi connectivity index (χ3n) is 2.62. The van der Waals surface area contributed by atoms with E-state index in [2.05, 4.69) is 0 Å². The fraction of sp³-hybridized carbons (Fsp3) is 0.500. The highest BCUT2D eigenvalue weighted by Gasteiger charge is 2.22. The molecule has 0 aliphatic heterocycles. The lowest BCUT2D eigenvalue weighted by Crippen LogP contribution is -2.33. The van der Waals surface area contributed by atoms with E-state index in [-0.39, 0.29) is 11.5 Å². The molecule has 0 radical (unpaired) electrons. The minimum atomic E-state index is -3.51. The van der Waals surface area contributed by atoms with Crippen molar-refractivity contribution in [2.24, 2.45) is 0 Å². The second kappa shape index (κ2) is 6.84. The van der Waals surface area contributed by atoms with Gasteiger partial charge >= 0.3 is 0 Å². The van der Waals surface area contributed by atoms with Gasteiger partial charge in [-0.15, -0.1) is 0 Å². The number of aliphatic hydroxyl groups excluding tert-OH is 1. The van der Waals surface area contributed by atoms with Crippen LogP contribution in [0.15, 0.2) is 29.2 Å². The highest BCUT2D eigenvalue weighted by Crippen LogP contribution is 2.16. The van der Waals surface area contributed by atoms with E-state index in [1.54, 1.807) is 19.1 Å². The number of benzene rings is 1. The van der Waals surface area contributed by atoms with E-state index in [4.69, 9.17) is 9.84 Å². The fourth-order valence-corrected chi connectivity index (χ4v) is 3.10. The van der Waals surface area contributed by atoms with E-state index in [1.165, 1.54) is 23.5 Å². The highest BCUT2D eigenvalue weighted by atomic mass is 32.2. The van der Waals surface area contributed by atoms with Crippen molar-refractivity contribution in [2.75, 3.05) is 26.8 Å². The van der Waals surface area contributed by atoms with Gasteiger partial charge in [-0.3, -0.25) is 0 Å². The number of ether oxygens (including phenoxy) is 1. The molecule has 0 saturated carbocycles. The zero-order valence-corrected chi connectivity index (χ0v) is 11.5.